The second kappa shape index (κ2) is 26.7. The zero-order chi connectivity index (χ0) is 50.7. The van der Waals surface area contributed by atoms with Crippen LogP contribution in [0.5, 0.6) is 0 Å². The van der Waals surface area contributed by atoms with Gasteiger partial charge in [0.2, 0.25) is 35.4 Å². The molecule has 19 nitrogen and oxygen atoms in total. The van der Waals surface area contributed by atoms with E-state index in [-0.39, 0.29) is 89.8 Å². The number of Topliss-reactive ketones (excluding diaryl/α,β-unsaturated/α-hetero) is 3. The van der Waals surface area contributed by atoms with Gasteiger partial charge in [-0.1, -0.05) is 68.3 Å². The largest absolute Gasteiger partial charge is 0.370 e. The zero-order valence-corrected chi connectivity index (χ0v) is 40.3. The van der Waals surface area contributed by atoms with Crippen molar-refractivity contribution in [2.24, 2.45) is 39.9 Å². The first kappa shape index (κ1) is 54.0. The summed E-state index contributed by atoms with van der Waals surface area (Å²) < 4.78 is 0. The van der Waals surface area contributed by atoms with Crippen molar-refractivity contribution >= 4 is 69.7 Å². The van der Waals surface area contributed by atoms with E-state index in [1.807, 2.05) is 49.4 Å². The second-order valence-corrected chi connectivity index (χ2v) is 18.6. The molecule has 7 atom stereocenters. The Balaban J connectivity index is 1.49. The monoisotopic (exact) mass is 967 g/mol. The molecule has 2 aromatic carbocycles. The molecule has 0 radical (unpaired) electrons. The number of fused-ring (bicyclic) bond motifs is 2. The van der Waals surface area contributed by atoms with Gasteiger partial charge in [-0.15, -0.1) is 0 Å². The van der Waals surface area contributed by atoms with Crippen molar-refractivity contribution in [3.63, 3.8) is 0 Å². The van der Waals surface area contributed by atoms with E-state index in [0.717, 1.165) is 28.5 Å². The van der Waals surface area contributed by atoms with Crippen LogP contribution in [0.1, 0.15) is 108 Å². The molecule has 2 aliphatic rings. The fraction of sp³-hybridized carbons (Fsp3) is 0.529. The average Bonchev–Trinajstić information content (AvgIpc) is 3.99. The molecular weight excluding hydrogens is 897 g/mol. The number of nitrogens with two attached hydrogens (primary N) is 3. The molecule has 2 saturated heterocycles. The lowest BCUT2D eigenvalue weighted by Crippen LogP contribution is -2.57. The van der Waals surface area contributed by atoms with Gasteiger partial charge in [-0.25, -0.2) is 0 Å². The van der Waals surface area contributed by atoms with Gasteiger partial charge in [-0.2, -0.15) is 0 Å². The Morgan fingerprint density at radius 3 is 2.36 bits per heavy atom. The number of unbranched alkanes of at least 4 members (excludes halogenated alkanes) is 1. The van der Waals surface area contributed by atoms with Crippen molar-refractivity contribution in [2.75, 3.05) is 19.6 Å². The lowest BCUT2D eigenvalue weighted by atomic mass is 9.81. The molecule has 2 fully saturated rings. The summed E-state index contributed by atoms with van der Waals surface area (Å²) in [5, 5.41) is 12.0. The molecular formula is C51H70N10O9. The van der Waals surface area contributed by atoms with Gasteiger partial charge in [0.25, 0.3) is 0 Å². The van der Waals surface area contributed by atoms with E-state index in [0.29, 0.717) is 25.7 Å². The molecule has 70 heavy (non-hydrogen) atoms. The maximum Gasteiger partial charge on any atom is 0.245 e. The van der Waals surface area contributed by atoms with E-state index in [1.165, 1.54) is 11.8 Å². The molecule has 0 spiro atoms. The van der Waals surface area contributed by atoms with Crippen LogP contribution in [0.4, 0.5) is 0 Å². The van der Waals surface area contributed by atoms with Crippen molar-refractivity contribution in [3.05, 3.63) is 71.9 Å². The molecule has 3 aromatic rings. The van der Waals surface area contributed by atoms with Gasteiger partial charge in [-0.3, -0.25) is 48.1 Å². The fourth-order valence-corrected chi connectivity index (χ4v) is 9.41. The minimum Gasteiger partial charge on any atom is -0.370 e. The number of carbonyl (C=O) groups excluding carboxylic acids is 9. The highest BCUT2D eigenvalue weighted by Gasteiger charge is 2.40. The molecule has 0 saturated carbocycles. The van der Waals surface area contributed by atoms with Crippen LogP contribution in [0.15, 0.2) is 65.8 Å². The number of amides is 6. The zero-order valence-electron chi connectivity index (χ0n) is 40.3. The number of rotatable bonds is 18. The summed E-state index contributed by atoms with van der Waals surface area (Å²) in [6.45, 7) is 3.47. The number of aromatic amines is 1. The molecule has 3 heterocycles. The molecule has 0 unspecified atom stereocenters. The third-order valence-electron chi connectivity index (χ3n) is 13.3. The summed E-state index contributed by atoms with van der Waals surface area (Å²) in [6, 6.07) is 12.2. The van der Waals surface area contributed by atoms with E-state index in [4.69, 9.17) is 17.2 Å². The van der Waals surface area contributed by atoms with E-state index >= 15 is 0 Å². The molecule has 2 aliphatic heterocycles. The summed E-state index contributed by atoms with van der Waals surface area (Å²) in [7, 11) is 0. The van der Waals surface area contributed by atoms with Crippen LogP contribution in [0.3, 0.4) is 0 Å². The lowest BCUT2D eigenvalue weighted by molar-refractivity contribution is -0.142. The van der Waals surface area contributed by atoms with Crippen LogP contribution in [-0.4, -0.2) is 112 Å². The topological polar surface area (TPSA) is 311 Å². The van der Waals surface area contributed by atoms with Crippen LogP contribution in [0, 0.1) is 17.8 Å². The maximum atomic E-state index is 14.6. The van der Waals surface area contributed by atoms with Crippen molar-refractivity contribution in [2.45, 2.75) is 134 Å². The predicted octanol–water partition coefficient (Wildman–Crippen LogP) is 2.17. The molecule has 378 valence electrons. The molecule has 6 amide bonds. The van der Waals surface area contributed by atoms with Gasteiger partial charge in [0.15, 0.2) is 11.7 Å². The Kier molecular flexibility index (Phi) is 20.6. The number of carbonyl (C=O) groups is 9. The Morgan fingerprint density at radius 1 is 0.900 bits per heavy atom. The molecule has 11 N–H and O–H groups in total. The number of hydrogen-bond acceptors (Lipinski definition) is 10. The predicted molar refractivity (Wildman–Crippen MR) is 263 cm³/mol. The number of guanidine groups is 1. The summed E-state index contributed by atoms with van der Waals surface area (Å²) in [6.07, 6.45) is 3.45. The number of H-pyrrole nitrogens is 1. The Hall–Kier alpha value is -6.92. The second-order valence-electron chi connectivity index (χ2n) is 18.6. The number of aromatic nitrogens is 1. The van der Waals surface area contributed by atoms with Crippen molar-refractivity contribution < 1.29 is 43.2 Å². The van der Waals surface area contributed by atoms with Gasteiger partial charge in [0, 0.05) is 87.1 Å². The molecule has 19 heteroatoms. The smallest absolute Gasteiger partial charge is 0.245 e. The first-order valence-corrected chi connectivity index (χ1v) is 24.5. The Labute approximate surface area is 408 Å². The molecule has 1 aromatic heterocycles. The van der Waals surface area contributed by atoms with E-state index in [9.17, 15) is 43.2 Å². The maximum absolute atomic E-state index is 14.6. The quantitative estimate of drug-likeness (QED) is 0.0519. The van der Waals surface area contributed by atoms with E-state index in [1.54, 1.807) is 18.3 Å². The van der Waals surface area contributed by atoms with Crippen LogP contribution >= 0.6 is 0 Å². The first-order valence-electron chi connectivity index (χ1n) is 24.5. The average molecular weight is 967 g/mol. The minimum absolute atomic E-state index is 0.0133. The standard InChI is InChI=1S/C51H70N10O9/c1-3-4-16-39(58-31(2)62)48(68)59-40-19-20-46(66)55-23-21-34(44(64)29-35(47(52)67)26-36-30-57-38-17-9-8-15-37(36)38)27-43(63)33(14-10-22-56-51(53)54)28-45(65)41(25-32-12-6-5-7-13-32)60-49(69)42-18-11-24-61(42)50(40)70/h5-9,12-13,15,17,30,33-35,39-42,57H,3-4,10-11,14,16,18-29H2,1-2H3,(H2,52,67)(H,55,66)(H,58,62)(H,59,68)(H,60,69)(H4,53,54,56)/t33-,34-,35-,39+,40+,41-,42+/m1/s1. The van der Waals surface area contributed by atoms with Crippen molar-refractivity contribution in [1.29, 1.82) is 0 Å². The lowest BCUT2D eigenvalue weighted by Gasteiger charge is -2.31. The van der Waals surface area contributed by atoms with Gasteiger partial charge < -0.3 is 48.4 Å². The number of aliphatic imine (C=N–C) groups is 1. The van der Waals surface area contributed by atoms with Crippen LogP contribution in [0.2, 0.25) is 0 Å². The van der Waals surface area contributed by atoms with E-state index in [2.05, 4.69) is 31.2 Å². The van der Waals surface area contributed by atoms with E-state index < -0.39 is 94.7 Å². The number of hydrogen-bond donors (Lipinski definition) is 8. The molecule has 5 rings (SSSR count). The summed E-state index contributed by atoms with van der Waals surface area (Å²) in [5.41, 5.74) is 19.4. The van der Waals surface area contributed by atoms with Crippen LogP contribution in [0.25, 0.3) is 10.9 Å². The first-order chi connectivity index (χ1) is 33.5. The summed E-state index contributed by atoms with van der Waals surface area (Å²) in [4.78, 5) is 133. The molecule has 0 aliphatic carbocycles. The minimum atomic E-state index is -1.28. The van der Waals surface area contributed by atoms with Gasteiger partial charge in [-0.05, 0) is 75.0 Å². The van der Waals surface area contributed by atoms with Gasteiger partial charge in [0.1, 0.15) is 29.7 Å². The number of para-hydroxylation sites is 1. The van der Waals surface area contributed by atoms with Crippen molar-refractivity contribution in [3.8, 4) is 0 Å². The summed E-state index contributed by atoms with van der Waals surface area (Å²) >= 11 is 0. The van der Waals surface area contributed by atoms with Gasteiger partial charge >= 0.3 is 0 Å². The molecule has 0 bridgehead atoms. The number of nitrogens with one attached hydrogen (secondary N) is 5. The van der Waals surface area contributed by atoms with Crippen LogP contribution < -0.4 is 38.5 Å². The Morgan fingerprint density at radius 2 is 1.64 bits per heavy atom. The number of ketones is 3. The van der Waals surface area contributed by atoms with Crippen LogP contribution in [-0.2, 0) is 56.0 Å². The SMILES string of the molecule is CCCC[C@H](NC(C)=O)C(=O)N[C@H]1CCC(=O)NCC[C@@H](C(=O)C[C@@H](Cc2c[nH]c3ccccc23)C(N)=O)CC(=O)[C@H](CCCN=C(N)N)CC(=O)[C@@H](Cc2ccccc2)NC(=O)[C@@H]2CCCN2C1=O. The third kappa shape index (κ3) is 16.1. The number of primary amides is 1. The number of nitrogens with zero attached hydrogens (tertiary/aromatic N) is 2. The van der Waals surface area contributed by atoms with Crippen molar-refractivity contribution in [1.82, 2.24) is 31.2 Å². The Bertz CT molecular complexity index is 2360. The highest BCUT2D eigenvalue weighted by molar-refractivity contribution is 5.98. The normalized spacial score (nSPS) is 21.8. The summed E-state index contributed by atoms with van der Waals surface area (Å²) in [5.74, 6) is -7.77. The fourth-order valence-electron chi connectivity index (χ4n) is 9.41. The third-order valence-corrected chi connectivity index (χ3v) is 13.3. The van der Waals surface area contributed by atoms with Gasteiger partial charge in [0.05, 0.1) is 6.04 Å². The highest BCUT2D eigenvalue weighted by atomic mass is 16.2. The highest BCUT2D eigenvalue weighted by Crippen LogP contribution is 2.28. The number of benzene rings is 2.